The largest absolute Gasteiger partial charge is 0.493 e. The summed E-state index contributed by atoms with van der Waals surface area (Å²) in [6, 6.07) is 11.3. The third kappa shape index (κ3) is 3.77. The lowest BCUT2D eigenvalue weighted by atomic mass is 9.83. The molecule has 7 heteroatoms. The first-order valence-electron chi connectivity index (χ1n) is 12.2. The summed E-state index contributed by atoms with van der Waals surface area (Å²) in [6.45, 7) is 7.25. The Morgan fingerprint density at radius 3 is 2.76 bits per heavy atom. The zero-order valence-electron chi connectivity index (χ0n) is 19.3. The predicted molar refractivity (Wildman–Crippen MR) is 129 cm³/mol. The summed E-state index contributed by atoms with van der Waals surface area (Å²) in [7, 11) is 0. The lowest BCUT2D eigenvalue weighted by Gasteiger charge is -2.43. The van der Waals surface area contributed by atoms with Crippen LogP contribution >= 0.6 is 0 Å². The number of nitrogens with one attached hydrogen (secondary N) is 3. The smallest absolute Gasteiger partial charge is 0.126 e. The van der Waals surface area contributed by atoms with Gasteiger partial charge in [0.1, 0.15) is 11.4 Å². The minimum absolute atomic E-state index is 0.0581. The van der Waals surface area contributed by atoms with Crippen molar-refractivity contribution < 1.29 is 9.13 Å². The van der Waals surface area contributed by atoms with Crippen LogP contribution in [0.5, 0.6) is 5.75 Å². The predicted octanol–water partition coefficient (Wildman–Crippen LogP) is 4.18. The van der Waals surface area contributed by atoms with Gasteiger partial charge in [0.05, 0.1) is 30.4 Å². The van der Waals surface area contributed by atoms with Gasteiger partial charge < -0.3 is 15.4 Å². The van der Waals surface area contributed by atoms with E-state index in [0.29, 0.717) is 32.0 Å². The van der Waals surface area contributed by atoms with Crippen LogP contribution in [0.25, 0.3) is 10.9 Å². The van der Waals surface area contributed by atoms with Gasteiger partial charge >= 0.3 is 0 Å². The van der Waals surface area contributed by atoms with E-state index in [1.807, 2.05) is 13.1 Å². The molecule has 0 amide bonds. The van der Waals surface area contributed by atoms with E-state index in [1.165, 1.54) is 16.5 Å². The first-order chi connectivity index (χ1) is 16.0. The fourth-order valence-corrected chi connectivity index (χ4v) is 5.39. The zero-order valence-corrected chi connectivity index (χ0v) is 19.3. The van der Waals surface area contributed by atoms with E-state index < -0.39 is 5.67 Å². The van der Waals surface area contributed by atoms with Gasteiger partial charge in [-0.2, -0.15) is 5.10 Å². The number of H-pyrrole nitrogens is 1. The molecule has 3 aliphatic rings. The number of benzene rings is 2. The van der Waals surface area contributed by atoms with Crippen molar-refractivity contribution in [1.82, 2.24) is 20.4 Å². The Hall–Kier alpha value is -2.64. The first-order valence-corrected chi connectivity index (χ1v) is 12.2. The van der Waals surface area contributed by atoms with Crippen LogP contribution < -0.4 is 15.4 Å². The Balaban J connectivity index is 1.47. The second-order valence-corrected chi connectivity index (χ2v) is 9.93. The number of fused-ring (bicyclic) bond motifs is 3. The summed E-state index contributed by atoms with van der Waals surface area (Å²) in [6.07, 6.45) is 4.13. The maximum Gasteiger partial charge on any atom is 0.126 e. The van der Waals surface area contributed by atoms with Crippen LogP contribution in [0, 0.1) is 0 Å². The number of nitrogens with zero attached hydrogens (tertiary/aromatic N) is 2. The topological polar surface area (TPSA) is 65.2 Å². The molecular formula is C26H32FN5O. The van der Waals surface area contributed by atoms with Crippen molar-refractivity contribution in [2.75, 3.05) is 31.6 Å². The number of aromatic amines is 1. The zero-order chi connectivity index (χ0) is 22.6. The molecule has 1 aliphatic carbocycles. The fourth-order valence-electron chi connectivity index (χ4n) is 5.39. The van der Waals surface area contributed by atoms with Crippen LogP contribution in [-0.4, -0.2) is 59.1 Å². The number of ether oxygens (including phenoxy) is 1. The average Bonchev–Trinajstić information content (AvgIpc) is 3.29. The van der Waals surface area contributed by atoms with Crippen molar-refractivity contribution in [1.29, 1.82) is 0 Å². The van der Waals surface area contributed by atoms with Crippen LogP contribution in [0.4, 0.5) is 10.1 Å². The van der Waals surface area contributed by atoms with Crippen molar-refractivity contribution in [2.24, 2.45) is 0 Å². The van der Waals surface area contributed by atoms with Gasteiger partial charge in [-0.25, -0.2) is 4.39 Å². The Morgan fingerprint density at radius 2 is 2.03 bits per heavy atom. The lowest BCUT2D eigenvalue weighted by molar-refractivity contribution is 0.0970. The molecule has 2 atom stereocenters. The van der Waals surface area contributed by atoms with E-state index in [2.05, 4.69) is 63.0 Å². The molecule has 3 aromatic rings. The molecule has 0 spiro atoms. The molecule has 3 N–H and O–H groups in total. The van der Waals surface area contributed by atoms with Gasteiger partial charge in [0.15, 0.2) is 0 Å². The highest BCUT2D eigenvalue weighted by Crippen LogP contribution is 2.48. The SMILES string of the molecule is CCOc1cc(NC2CNC2)ccc1[C@@H]1c2ccc3[nH]ncc3c2C[C@@H](C)N1CC1(F)CC1. The van der Waals surface area contributed by atoms with Gasteiger partial charge in [0, 0.05) is 48.4 Å². The molecular weight excluding hydrogens is 417 g/mol. The molecule has 1 aromatic heterocycles. The second kappa shape index (κ2) is 7.99. The number of hydrogen-bond acceptors (Lipinski definition) is 5. The number of aromatic nitrogens is 2. The summed E-state index contributed by atoms with van der Waals surface area (Å²) in [5.41, 5.74) is 4.71. The quantitative estimate of drug-likeness (QED) is 0.505. The van der Waals surface area contributed by atoms with Gasteiger partial charge in [-0.15, -0.1) is 0 Å². The lowest BCUT2D eigenvalue weighted by Crippen LogP contribution is -2.51. The van der Waals surface area contributed by atoms with Gasteiger partial charge in [0.25, 0.3) is 0 Å². The van der Waals surface area contributed by atoms with E-state index in [-0.39, 0.29) is 12.1 Å². The molecule has 2 fully saturated rings. The highest BCUT2D eigenvalue weighted by atomic mass is 19.1. The monoisotopic (exact) mass is 449 g/mol. The number of hydrogen-bond donors (Lipinski definition) is 3. The molecule has 174 valence electrons. The molecule has 2 aromatic carbocycles. The third-order valence-corrected chi connectivity index (χ3v) is 7.48. The number of halogens is 1. The minimum atomic E-state index is -1.06. The van der Waals surface area contributed by atoms with Crippen LogP contribution in [0.1, 0.15) is 49.4 Å². The maximum absolute atomic E-state index is 15.1. The first kappa shape index (κ1) is 20.9. The van der Waals surface area contributed by atoms with Crippen LogP contribution in [0.3, 0.4) is 0 Å². The van der Waals surface area contributed by atoms with Crippen LogP contribution in [-0.2, 0) is 6.42 Å². The molecule has 0 radical (unpaired) electrons. The highest BCUT2D eigenvalue weighted by molar-refractivity contribution is 5.83. The van der Waals surface area contributed by atoms with Crippen molar-refractivity contribution in [2.45, 2.75) is 56.9 Å². The van der Waals surface area contributed by atoms with Crippen LogP contribution in [0.2, 0.25) is 0 Å². The van der Waals surface area contributed by atoms with E-state index >= 15 is 4.39 Å². The van der Waals surface area contributed by atoms with Crippen molar-refractivity contribution in [3.8, 4) is 5.75 Å². The molecule has 6 nitrogen and oxygen atoms in total. The second-order valence-electron chi connectivity index (χ2n) is 9.93. The van der Waals surface area contributed by atoms with Gasteiger partial charge in [-0.05, 0) is 56.4 Å². The van der Waals surface area contributed by atoms with Gasteiger partial charge in [0.2, 0.25) is 0 Å². The minimum Gasteiger partial charge on any atom is -0.493 e. The van der Waals surface area contributed by atoms with Gasteiger partial charge in [-0.3, -0.25) is 10.00 Å². The molecule has 6 rings (SSSR count). The Morgan fingerprint density at radius 1 is 1.21 bits per heavy atom. The van der Waals surface area contributed by atoms with E-state index in [9.17, 15) is 0 Å². The Labute approximate surface area is 193 Å². The number of alkyl halides is 1. The summed E-state index contributed by atoms with van der Waals surface area (Å²) in [5.74, 6) is 0.876. The molecule has 0 bridgehead atoms. The van der Waals surface area contributed by atoms with Crippen molar-refractivity contribution in [3.05, 3.63) is 53.2 Å². The molecule has 33 heavy (non-hydrogen) atoms. The van der Waals surface area contributed by atoms with Crippen molar-refractivity contribution >= 4 is 16.6 Å². The normalized spacial score (nSPS) is 24.3. The fraction of sp³-hybridized carbons (Fsp3) is 0.500. The van der Waals surface area contributed by atoms with E-state index in [1.54, 1.807) is 0 Å². The molecule has 0 unspecified atom stereocenters. The summed E-state index contributed by atoms with van der Waals surface area (Å²) in [5, 5.41) is 15.4. The highest BCUT2D eigenvalue weighted by Gasteiger charge is 2.48. The van der Waals surface area contributed by atoms with Crippen LogP contribution in [0.15, 0.2) is 36.5 Å². The Bertz CT molecular complexity index is 1170. The standard InChI is InChI=1S/C26H32FN5O/c1-3-33-24-11-17(30-18-12-28-13-18)4-5-20(24)25-19-6-7-23-22(14-29-31-23)21(19)10-16(2)32(25)15-26(27)8-9-26/h4-7,11,14,16,18,25,28,30H,3,8-10,12-13,15H2,1-2H3,(H,29,31)/t16-,25+/m1/s1. The van der Waals surface area contributed by atoms with Gasteiger partial charge in [-0.1, -0.05) is 12.1 Å². The summed E-state index contributed by atoms with van der Waals surface area (Å²) < 4.78 is 21.3. The third-order valence-electron chi connectivity index (χ3n) is 7.48. The maximum atomic E-state index is 15.1. The molecule has 2 aliphatic heterocycles. The molecule has 1 saturated heterocycles. The molecule has 1 saturated carbocycles. The number of anilines is 1. The number of rotatable bonds is 7. The Kier molecular flexibility index (Phi) is 5.07. The summed E-state index contributed by atoms with van der Waals surface area (Å²) in [4.78, 5) is 2.36. The molecule has 3 heterocycles. The average molecular weight is 450 g/mol. The van der Waals surface area contributed by atoms with Crippen molar-refractivity contribution in [3.63, 3.8) is 0 Å². The summed E-state index contributed by atoms with van der Waals surface area (Å²) >= 11 is 0. The van der Waals surface area contributed by atoms with E-state index in [0.717, 1.165) is 42.0 Å². The van der Waals surface area contributed by atoms with E-state index in [4.69, 9.17) is 4.74 Å².